The van der Waals surface area contributed by atoms with Crippen molar-refractivity contribution in [2.75, 3.05) is 26.2 Å². The monoisotopic (exact) mass is 533 g/mol. The highest BCUT2D eigenvalue weighted by atomic mass is 32.2. The Bertz CT molecular complexity index is 931. The normalized spacial score (nSPS) is 31.4. The maximum atomic E-state index is 14.5. The fourth-order valence-electron chi connectivity index (χ4n) is 6.88. The minimum atomic E-state index is -0.743. The van der Waals surface area contributed by atoms with Gasteiger partial charge in [0.25, 0.3) is 0 Å². The molecule has 2 unspecified atom stereocenters. The van der Waals surface area contributed by atoms with Gasteiger partial charge in [-0.2, -0.15) is 0 Å². The number of carbonyl (C=O) groups is 3. The predicted octanol–water partition coefficient (Wildman–Crippen LogP) is 3.72. The van der Waals surface area contributed by atoms with E-state index in [-0.39, 0.29) is 30.2 Å². The van der Waals surface area contributed by atoms with Gasteiger partial charge in [-0.15, -0.1) is 24.9 Å². The van der Waals surface area contributed by atoms with Crippen LogP contribution in [0.5, 0.6) is 0 Å². The van der Waals surface area contributed by atoms with E-state index >= 15 is 0 Å². The lowest BCUT2D eigenvalue weighted by atomic mass is 9.66. The van der Waals surface area contributed by atoms with E-state index in [9.17, 15) is 19.5 Å². The van der Waals surface area contributed by atoms with E-state index in [2.05, 4.69) is 20.1 Å². The quantitative estimate of drug-likeness (QED) is 0.410. The van der Waals surface area contributed by atoms with E-state index in [1.165, 1.54) is 0 Å². The third-order valence-electron chi connectivity index (χ3n) is 8.57. The lowest BCUT2D eigenvalue weighted by Gasteiger charge is -2.44. The smallest absolute Gasteiger partial charge is 0.247 e. The number of aliphatic hydroxyl groups is 1. The molecule has 0 aliphatic carbocycles. The number of fused-ring (bicyclic) bond motifs is 1. The maximum absolute atomic E-state index is 14.5. The Morgan fingerprint density at radius 1 is 1.19 bits per heavy atom. The van der Waals surface area contributed by atoms with Crippen LogP contribution in [-0.2, 0) is 14.4 Å². The van der Waals surface area contributed by atoms with Crippen LogP contribution in [-0.4, -0.2) is 90.9 Å². The molecule has 0 aromatic carbocycles. The molecule has 0 aromatic heterocycles. The molecule has 3 rings (SSSR count). The molecule has 7 nitrogen and oxygen atoms in total. The predicted molar refractivity (Wildman–Crippen MR) is 150 cm³/mol. The van der Waals surface area contributed by atoms with E-state index in [4.69, 9.17) is 0 Å². The molecule has 0 saturated carbocycles. The molecular weight excluding hydrogens is 486 g/mol. The van der Waals surface area contributed by atoms with Gasteiger partial charge in [0, 0.05) is 29.9 Å². The Balaban J connectivity index is 2.19. The Kier molecular flexibility index (Phi) is 8.65. The van der Waals surface area contributed by atoms with Crippen LogP contribution in [0.1, 0.15) is 67.7 Å². The average molecular weight is 534 g/mol. The fraction of sp³-hybridized carbons (Fsp3) is 0.759. The topological polar surface area (TPSA) is 81.2 Å². The first-order chi connectivity index (χ1) is 17.3. The molecule has 6 atom stereocenters. The van der Waals surface area contributed by atoms with Crippen molar-refractivity contribution in [3.63, 3.8) is 0 Å². The highest BCUT2D eigenvalue weighted by Gasteiger charge is 2.78. The van der Waals surface area contributed by atoms with Gasteiger partial charge in [0.2, 0.25) is 17.7 Å². The van der Waals surface area contributed by atoms with Crippen LogP contribution in [0, 0.1) is 17.8 Å². The zero-order chi connectivity index (χ0) is 27.9. The van der Waals surface area contributed by atoms with Gasteiger partial charge in [-0.05, 0) is 52.9 Å². The third kappa shape index (κ3) is 4.77. The van der Waals surface area contributed by atoms with E-state index < -0.39 is 39.0 Å². The van der Waals surface area contributed by atoms with Crippen molar-refractivity contribution < 1.29 is 19.5 Å². The molecule has 2 bridgehead atoms. The van der Waals surface area contributed by atoms with Gasteiger partial charge < -0.3 is 19.8 Å². The Morgan fingerprint density at radius 2 is 1.81 bits per heavy atom. The van der Waals surface area contributed by atoms with E-state index in [1.54, 1.807) is 33.7 Å². The van der Waals surface area contributed by atoms with Gasteiger partial charge in [0.1, 0.15) is 6.04 Å². The summed E-state index contributed by atoms with van der Waals surface area (Å²) >= 11 is 1.68. The summed E-state index contributed by atoms with van der Waals surface area (Å²) in [6, 6.07) is -1.25. The van der Waals surface area contributed by atoms with Gasteiger partial charge in [0.05, 0.1) is 29.2 Å². The molecule has 3 amide bonds. The third-order valence-corrected chi connectivity index (χ3v) is 10.6. The van der Waals surface area contributed by atoms with Crippen LogP contribution in [0.15, 0.2) is 25.3 Å². The zero-order valence-electron chi connectivity index (χ0n) is 23.8. The SMILES string of the molecule is C=CCN(CCC)C(=O)[C@@H]1[C@H]2C(=O)N([C@@H](CO)C(C)C)C(C(=O)N(CC=C)C(C)(C)C)C23CC[C@@]1(C)S3. The van der Waals surface area contributed by atoms with Crippen molar-refractivity contribution in [3.05, 3.63) is 25.3 Å². The maximum Gasteiger partial charge on any atom is 0.247 e. The molecule has 8 heteroatoms. The first-order valence-corrected chi connectivity index (χ1v) is 14.5. The summed E-state index contributed by atoms with van der Waals surface area (Å²) < 4.78 is -1.13. The molecular formula is C29H47N3O4S. The molecule has 0 radical (unpaired) electrons. The van der Waals surface area contributed by atoms with Crippen molar-refractivity contribution in [1.82, 2.24) is 14.7 Å². The molecule has 3 fully saturated rings. The van der Waals surface area contributed by atoms with Crippen LogP contribution in [0.25, 0.3) is 0 Å². The molecule has 3 aliphatic rings. The van der Waals surface area contributed by atoms with Crippen LogP contribution in [0.4, 0.5) is 0 Å². The van der Waals surface area contributed by atoms with Crippen LogP contribution in [0.3, 0.4) is 0 Å². The molecule has 37 heavy (non-hydrogen) atoms. The number of carbonyl (C=O) groups excluding carboxylic acids is 3. The lowest BCUT2D eigenvalue weighted by molar-refractivity contribution is -0.150. The average Bonchev–Trinajstić information content (AvgIpc) is 3.37. The molecule has 3 aliphatic heterocycles. The number of nitrogens with zero attached hydrogens (tertiary/aromatic N) is 3. The number of thioether (sulfide) groups is 1. The number of aliphatic hydroxyl groups excluding tert-OH is 1. The Hall–Kier alpha value is -1.80. The largest absolute Gasteiger partial charge is 0.394 e. The molecule has 1 N–H and O–H groups in total. The first-order valence-electron chi connectivity index (χ1n) is 13.7. The number of amides is 3. The molecule has 3 saturated heterocycles. The highest BCUT2D eigenvalue weighted by Crippen LogP contribution is 2.72. The van der Waals surface area contributed by atoms with E-state index in [0.29, 0.717) is 26.1 Å². The Labute approximate surface area is 227 Å². The number of likely N-dealkylation sites (tertiary alicyclic amines) is 1. The van der Waals surface area contributed by atoms with Crippen molar-refractivity contribution >= 4 is 29.5 Å². The van der Waals surface area contributed by atoms with Gasteiger partial charge in [-0.1, -0.05) is 32.9 Å². The van der Waals surface area contributed by atoms with E-state index in [1.807, 2.05) is 46.4 Å². The van der Waals surface area contributed by atoms with Gasteiger partial charge in [-0.3, -0.25) is 14.4 Å². The minimum Gasteiger partial charge on any atom is -0.394 e. The van der Waals surface area contributed by atoms with Crippen LogP contribution >= 0.6 is 11.8 Å². The summed E-state index contributed by atoms with van der Waals surface area (Å²) in [5, 5.41) is 10.4. The lowest BCUT2D eigenvalue weighted by Crippen LogP contribution is -2.61. The molecule has 208 valence electrons. The number of rotatable bonds is 11. The van der Waals surface area contributed by atoms with Crippen LogP contribution < -0.4 is 0 Å². The summed E-state index contributed by atoms with van der Waals surface area (Å²) in [6.45, 7) is 22.9. The summed E-state index contributed by atoms with van der Waals surface area (Å²) in [6.07, 6.45) is 5.73. The van der Waals surface area contributed by atoms with Gasteiger partial charge in [0.15, 0.2) is 0 Å². The van der Waals surface area contributed by atoms with Crippen LogP contribution in [0.2, 0.25) is 0 Å². The number of hydrogen-bond donors (Lipinski definition) is 1. The van der Waals surface area contributed by atoms with Gasteiger partial charge in [-0.25, -0.2) is 0 Å². The Morgan fingerprint density at radius 3 is 2.30 bits per heavy atom. The second kappa shape index (κ2) is 10.8. The van der Waals surface area contributed by atoms with Crippen molar-refractivity contribution in [2.45, 2.75) is 94.8 Å². The van der Waals surface area contributed by atoms with Crippen molar-refractivity contribution in [1.29, 1.82) is 0 Å². The molecule has 3 heterocycles. The minimum absolute atomic E-state index is 0.0198. The van der Waals surface area contributed by atoms with E-state index in [0.717, 1.165) is 12.8 Å². The fourth-order valence-corrected chi connectivity index (χ4v) is 9.21. The second-order valence-corrected chi connectivity index (χ2v) is 14.3. The summed E-state index contributed by atoms with van der Waals surface area (Å²) in [4.78, 5) is 48.3. The first kappa shape index (κ1) is 29.8. The number of hydrogen-bond acceptors (Lipinski definition) is 5. The zero-order valence-corrected chi connectivity index (χ0v) is 24.6. The van der Waals surface area contributed by atoms with Crippen molar-refractivity contribution in [2.24, 2.45) is 17.8 Å². The van der Waals surface area contributed by atoms with Crippen molar-refractivity contribution in [3.8, 4) is 0 Å². The summed E-state index contributed by atoms with van der Waals surface area (Å²) in [7, 11) is 0. The standard InChI is InChI=1S/C29H47N3O4S/c1-10-15-30(16-11-2)24(34)21-22-25(35)32(20(18-33)19(4)5)23(29(22)14-13-28(21,9)37-29)26(36)31(17-12-3)27(6,7)8/h10,12,19-23,33H,1,3,11,13-18H2,2,4-9H3/t20-,21-,22-,23?,28+,29?/m0/s1. The molecule has 1 spiro atoms. The summed E-state index contributed by atoms with van der Waals surface area (Å²) in [5.41, 5.74) is -0.483. The highest BCUT2D eigenvalue weighted by molar-refractivity contribution is 8.02. The summed E-state index contributed by atoms with van der Waals surface area (Å²) in [5.74, 6) is -1.47. The van der Waals surface area contributed by atoms with Gasteiger partial charge >= 0.3 is 0 Å². The second-order valence-electron chi connectivity index (χ2n) is 12.4. The molecule has 0 aromatic rings.